The quantitative estimate of drug-likeness (QED) is 0.563. The van der Waals surface area contributed by atoms with E-state index in [1.807, 2.05) is 0 Å². The Balaban J connectivity index is 2.45. The van der Waals surface area contributed by atoms with E-state index < -0.39 is 12.1 Å². The second-order valence-corrected chi connectivity index (χ2v) is 2.71. The van der Waals surface area contributed by atoms with Crippen LogP contribution < -0.4 is 0 Å². The number of esters is 1. The van der Waals surface area contributed by atoms with Crippen LogP contribution in [0.2, 0.25) is 0 Å². The van der Waals surface area contributed by atoms with Gasteiger partial charge >= 0.3 is 5.97 Å². The zero-order chi connectivity index (χ0) is 10.6. The summed E-state index contributed by atoms with van der Waals surface area (Å²) >= 11 is 0. The summed E-state index contributed by atoms with van der Waals surface area (Å²) in [6, 6.07) is 3.00. The third kappa shape index (κ3) is 2.70. The van der Waals surface area contributed by atoms with Crippen LogP contribution in [-0.2, 0) is 16.1 Å². The monoisotopic (exact) mass is 198 g/mol. The van der Waals surface area contributed by atoms with Gasteiger partial charge in [-0.2, -0.15) is 0 Å². The number of carbonyl (C=O) groups is 2. The number of ether oxygens (including phenoxy) is 1. The van der Waals surface area contributed by atoms with Gasteiger partial charge in [0.25, 0.3) is 0 Å². The molecule has 0 saturated heterocycles. The molecule has 1 N–H and O–H groups in total. The molecule has 0 bridgehead atoms. The van der Waals surface area contributed by atoms with Crippen LogP contribution in [0.15, 0.2) is 16.5 Å². The van der Waals surface area contributed by atoms with E-state index in [1.54, 1.807) is 0 Å². The van der Waals surface area contributed by atoms with Crippen LogP contribution in [0.4, 0.5) is 0 Å². The predicted molar refractivity (Wildman–Crippen MR) is 45.6 cm³/mol. The Morgan fingerprint density at radius 2 is 2.43 bits per heavy atom. The highest BCUT2D eigenvalue weighted by Gasteiger charge is 2.11. The molecule has 1 aromatic heterocycles. The van der Waals surface area contributed by atoms with Crippen molar-refractivity contribution in [2.45, 2.75) is 19.6 Å². The molecule has 0 aromatic carbocycles. The minimum Gasteiger partial charge on any atom is -0.456 e. The lowest BCUT2D eigenvalue weighted by atomic mass is 10.4. The zero-order valence-corrected chi connectivity index (χ0v) is 7.60. The Bertz CT molecular complexity index is 326. The van der Waals surface area contributed by atoms with E-state index in [1.165, 1.54) is 19.1 Å². The second kappa shape index (κ2) is 4.57. The van der Waals surface area contributed by atoms with E-state index >= 15 is 0 Å². The number of hydrogen-bond acceptors (Lipinski definition) is 5. The van der Waals surface area contributed by atoms with Crippen molar-refractivity contribution in [2.24, 2.45) is 0 Å². The summed E-state index contributed by atoms with van der Waals surface area (Å²) < 4.78 is 9.58. The van der Waals surface area contributed by atoms with Crippen molar-refractivity contribution in [3.05, 3.63) is 23.7 Å². The molecule has 1 aromatic rings. The molecule has 1 atom stereocenters. The molecule has 14 heavy (non-hydrogen) atoms. The third-order valence-electron chi connectivity index (χ3n) is 1.50. The molecule has 5 nitrogen and oxygen atoms in total. The topological polar surface area (TPSA) is 76.7 Å². The van der Waals surface area contributed by atoms with Crippen LogP contribution in [0.5, 0.6) is 0 Å². The Hall–Kier alpha value is -1.62. The molecule has 76 valence electrons. The van der Waals surface area contributed by atoms with Crippen LogP contribution in [0.3, 0.4) is 0 Å². The van der Waals surface area contributed by atoms with Gasteiger partial charge in [0.05, 0.1) is 0 Å². The molecule has 0 radical (unpaired) electrons. The van der Waals surface area contributed by atoms with Crippen molar-refractivity contribution in [1.29, 1.82) is 0 Å². The maximum Gasteiger partial charge on any atom is 0.335 e. The SMILES string of the molecule is CC(O)C(=O)OCc1ccc(C=O)o1. The van der Waals surface area contributed by atoms with Crippen molar-refractivity contribution in [3.63, 3.8) is 0 Å². The predicted octanol–water partition coefficient (Wildman–Crippen LogP) is 0.516. The highest BCUT2D eigenvalue weighted by molar-refractivity contribution is 5.73. The number of aliphatic hydroxyl groups excluding tert-OH is 1. The van der Waals surface area contributed by atoms with Crippen molar-refractivity contribution in [1.82, 2.24) is 0 Å². The standard InChI is InChI=1S/C9H10O5/c1-6(11)9(12)13-5-8-3-2-7(4-10)14-8/h2-4,6,11H,5H2,1H3. The van der Waals surface area contributed by atoms with Crippen molar-refractivity contribution < 1.29 is 23.8 Å². The highest BCUT2D eigenvalue weighted by Crippen LogP contribution is 2.07. The summed E-state index contributed by atoms with van der Waals surface area (Å²) in [5.41, 5.74) is 0. The minimum atomic E-state index is -1.16. The van der Waals surface area contributed by atoms with Crippen LogP contribution in [0.25, 0.3) is 0 Å². The van der Waals surface area contributed by atoms with E-state index in [2.05, 4.69) is 4.74 Å². The van der Waals surface area contributed by atoms with E-state index in [9.17, 15) is 9.59 Å². The Kier molecular flexibility index (Phi) is 3.41. The molecule has 0 saturated carbocycles. The van der Waals surface area contributed by atoms with Gasteiger partial charge in [-0.15, -0.1) is 0 Å². The minimum absolute atomic E-state index is 0.0857. The normalized spacial score (nSPS) is 12.1. The lowest BCUT2D eigenvalue weighted by Gasteiger charge is -2.03. The van der Waals surface area contributed by atoms with Crippen LogP contribution in [0.1, 0.15) is 23.2 Å². The van der Waals surface area contributed by atoms with E-state index in [-0.39, 0.29) is 12.4 Å². The van der Waals surface area contributed by atoms with Gasteiger partial charge in [0.2, 0.25) is 0 Å². The van der Waals surface area contributed by atoms with Gasteiger partial charge in [-0.3, -0.25) is 4.79 Å². The summed E-state index contributed by atoms with van der Waals surface area (Å²) in [4.78, 5) is 21.0. The van der Waals surface area contributed by atoms with Crippen LogP contribution >= 0.6 is 0 Å². The molecule has 0 aliphatic heterocycles. The molecule has 0 fully saturated rings. The fourth-order valence-corrected chi connectivity index (χ4v) is 0.798. The number of furan rings is 1. The molecule has 0 aliphatic rings. The van der Waals surface area contributed by atoms with Gasteiger partial charge < -0.3 is 14.3 Å². The van der Waals surface area contributed by atoms with Crippen molar-refractivity contribution >= 4 is 12.3 Å². The summed E-state index contributed by atoms with van der Waals surface area (Å²) in [6.45, 7) is 1.22. The highest BCUT2D eigenvalue weighted by atomic mass is 16.6. The molecule has 0 amide bonds. The number of carbonyl (C=O) groups excluding carboxylic acids is 2. The average molecular weight is 198 g/mol. The summed E-state index contributed by atoms with van der Waals surface area (Å²) in [7, 11) is 0. The fourth-order valence-electron chi connectivity index (χ4n) is 0.798. The van der Waals surface area contributed by atoms with Gasteiger partial charge in [-0.25, -0.2) is 4.79 Å². The first-order chi connectivity index (χ1) is 6.63. The molecular weight excluding hydrogens is 188 g/mol. The van der Waals surface area contributed by atoms with E-state index in [0.717, 1.165) is 0 Å². The van der Waals surface area contributed by atoms with Gasteiger partial charge in [0, 0.05) is 0 Å². The van der Waals surface area contributed by atoms with Crippen LogP contribution in [-0.4, -0.2) is 23.5 Å². The zero-order valence-electron chi connectivity index (χ0n) is 7.60. The van der Waals surface area contributed by atoms with Gasteiger partial charge in [-0.1, -0.05) is 0 Å². The van der Waals surface area contributed by atoms with Gasteiger partial charge in [0.1, 0.15) is 18.5 Å². The molecule has 1 heterocycles. The summed E-state index contributed by atoms with van der Waals surface area (Å²) in [6.07, 6.45) is -0.601. The van der Waals surface area contributed by atoms with Gasteiger partial charge in [0.15, 0.2) is 12.0 Å². The first kappa shape index (κ1) is 10.5. The van der Waals surface area contributed by atoms with Gasteiger partial charge in [-0.05, 0) is 19.1 Å². The third-order valence-corrected chi connectivity index (χ3v) is 1.50. The maximum atomic E-state index is 10.8. The first-order valence-electron chi connectivity index (χ1n) is 4.02. The fraction of sp³-hybridized carbons (Fsp3) is 0.333. The Morgan fingerprint density at radius 3 is 2.93 bits per heavy atom. The van der Waals surface area contributed by atoms with E-state index in [0.29, 0.717) is 12.0 Å². The summed E-state index contributed by atoms with van der Waals surface area (Å²) in [5.74, 6) is -0.191. The lowest BCUT2D eigenvalue weighted by molar-refractivity contribution is -0.154. The lowest BCUT2D eigenvalue weighted by Crippen LogP contribution is -2.18. The molecule has 1 unspecified atom stereocenters. The molecular formula is C9H10O5. The molecule has 1 rings (SSSR count). The summed E-state index contributed by atoms with van der Waals surface area (Å²) in [5, 5.41) is 8.79. The van der Waals surface area contributed by atoms with Crippen molar-refractivity contribution in [3.8, 4) is 0 Å². The number of rotatable bonds is 4. The molecule has 0 spiro atoms. The average Bonchev–Trinajstić information content (AvgIpc) is 2.61. The second-order valence-electron chi connectivity index (χ2n) is 2.71. The molecule has 5 heteroatoms. The smallest absolute Gasteiger partial charge is 0.335 e. The number of aldehydes is 1. The number of hydrogen-bond donors (Lipinski definition) is 1. The van der Waals surface area contributed by atoms with Crippen molar-refractivity contribution in [2.75, 3.05) is 0 Å². The van der Waals surface area contributed by atoms with Crippen LogP contribution in [0, 0.1) is 0 Å². The largest absolute Gasteiger partial charge is 0.456 e. The van der Waals surface area contributed by atoms with E-state index in [4.69, 9.17) is 9.52 Å². The maximum absolute atomic E-state index is 10.8. The Morgan fingerprint density at radius 1 is 1.71 bits per heavy atom. The number of aliphatic hydroxyl groups is 1. The molecule has 0 aliphatic carbocycles. The first-order valence-corrected chi connectivity index (χ1v) is 4.02. The Labute approximate surface area is 80.3 Å².